The topological polar surface area (TPSA) is 110 Å². The maximum atomic E-state index is 12.5. The highest BCUT2D eigenvalue weighted by molar-refractivity contribution is 7.90. The van der Waals surface area contributed by atoms with Crippen LogP contribution in [0.1, 0.15) is 6.92 Å². The van der Waals surface area contributed by atoms with Crippen LogP contribution in [0.5, 0.6) is 0 Å². The maximum Gasteiger partial charge on any atom is 0.243 e. The number of benzene rings is 1. The van der Waals surface area contributed by atoms with E-state index in [-0.39, 0.29) is 15.8 Å². The van der Waals surface area contributed by atoms with Gasteiger partial charge in [0.25, 0.3) is 0 Å². The Morgan fingerprint density at radius 3 is 2.50 bits per heavy atom. The zero-order valence-corrected chi connectivity index (χ0v) is 12.6. The quantitative estimate of drug-likeness (QED) is 0.767. The van der Waals surface area contributed by atoms with Gasteiger partial charge in [-0.3, -0.25) is 0 Å². The number of nitrogens with two attached hydrogens (primary N) is 1. The summed E-state index contributed by atoms with van der Waals surface area (Å²) in [6.45, 7) is 3.16. The molecule has 1 aromatic rings. The average Bonchev–Trinajstić information content (AvgIpc) is 2.38. The van der Waals surface area contributed by atoms with Gasteiger partial charge in [-0.05, 0) is 25.1 Å². The lowest BCUT2D eigenvalue weighted by atomic mass is 10.3. The lowest BCUT2D eigenvalue weighted by Gasteiger charge is -2.31. The predicted molar refractivity (Wildman–Crippen MR) is 74.0 cm³/mol. The van der Waals surface area contributed by atoms with Crippen molar-refractivity contribution in [1.29, 1.82) is 0 Å². The Morgan fingerprint density at radius 1 is 1.25 bits per heavy atom. The third-order valence-corrected chi connectivity index (χ3v) is 5.88. The van der Waals surface area contributed by atoms with Crippen molar-refractivity contribution in [1.82, 2.24) is 9.62 Å². The Kier molecular flexibility index (Phi) is 4.17. The van der Waals surface area contributed by atoms with Gasteiger partial charge in [-0.2, -0.15) is 4.31 Å². The van der Waals surface area contributed by atoms with Crippen LogP contribution in [0, 0.1) is 0 Å². The van der Waals surface area contributed by atoms with Crippen LogP contribution in [0.25, 0.3) is 0 Å². The van der Waals surface area contributed by atoms with Crippen LogP contribution in [-0.4, -0.2) is 46.8 Å². The number of hydrogen-bond donors (Lipinski definition) is 2. The van der Waals surface area contributed by atoms with Crippen molar-refractivity contribution in [3.05, 3.63) is 24.3 Å². The second kappa shape index (κ2) is 5.41. The summed E-state index contributed by atoms with van der Waals surface area (Å²) < 4.78 is 48.9. The molecule has 1 unspecified atom stereocenters. The molecule has 1 atom stereocenters. The van der Waals surface area contributed by atoms with Crippen molar-refractivity contribution >= 4 is 20.0 Å². The van der Waals surface area contributed by atoms with Gasteiger partial charge < -0.3 is 5.32 Å². The van der Waals surface area contributed by atoms with Crippen molar-refractivity contribution in [2.24, 2.45) is 5.14 Å². The molecule has 1 saturated heterocycles. The van der Waals surface area contributed by atoms with Gasteiger partial charge in [-0.15, -0.1) is 0 Å². The highest BCUT2D eigenvalue weighted by Crippen LogP contribution is 2.20. The molecule has 2 rings (SSSR count). The summed E-state index contributed by atoms with van der Waals surface area (Å²) in [5.41, 5.74) is 0. The van der Waals surface area contributed by atoms with Gasteiger partial charge in [0.05, 0.1) is 9.79 Å². The summed E-state index contributed by atoms with van der Waals surface area (Å²) >= 11 is 0. The molecule has 0 saturated carbocycles. The second-order valence-electron chi connectivity index (χ2n) is 4.74. The highest BCUT2D eigenvalue weighted by Gasteiger charge is 2.29. The minimum Gasteiger partial charge on any atom is -0.312 e. The van der Waals surface area contributed by atoms with Crippen LogP contribution >= 0.6 is 0 Å². The van der Waals surface area contributed by atoms with Gasteiger partial charge in [0.15, 0.2) is 0 Å². The first kappa shape index (κ1) is 15.4. The Balaban J connectivity index is 2.39. The summed E-state index contributed by atoms with van der Waals surface area (Å²) in [6, 6.07) is 5.17. The van der Waals surface area contributed by atoms with Gasteiger partial charge in [0.2, 0.25) is 20.0 Å². The Bertz CT molecular complexity index is 700. The summed E-state index contributed by atoms with van der Waals surface area (Å²) in [6.07, 6.45) is 0. The van der Waals surface area contributed by atoms with Crippen LogP contribution < -0.4 is 10.5 Å². The standard InChI is InChI=1S/C11H17N3O4S2/c1-9-8-14(6-5-13-9)20(17,18)11-4-2-3-10(7-11)19(12,15)16/h2-4,7,9,13H,5-6,8H2,1H3,(H2,12,15,16). The molecule has 1 aliphatic heterocycles. The number of primary sulfonamides is 1. The van der Waals surface area contributed by atoms with E-state index in [1.807, 2.05) is 6.92 Å². The largest absolute Gasteiger partial charge is 0.312 e. The molecule has 20 heavy (non-hydrogen) atoms. The van der Waals surface area contributed by atoms with E-state index < -0.39 is 20.0 Å². The molecule has 9 heteroatoms. The van der Waals surface area contributed by atoms with Crippen molar-refractivity contribution in [3.8, 4) is 0 Å². The van der Waals surface area contributed by atoms with E-state index in [4.69, 9.17) is 5.14 Å². The smallest absolute Gasteiger partial charge is 0.243 e. The fraction of sp³-hybridized carbons (Fsp3) is 0.455. The molecule has 0 aliphatic carbocycles. The van der Waals surface area contributed by atoms with E-state index in [1.165, 1.54) is 22.5 Å². The first-order chi connectivity index (χ1) is 9.21. The van der Waals surface area contributed by atoms with Crippen LogP contribution in [0.4, 0.5) is 0 Å². The Labute approximate surface area is 118 Å². The highest BCUT2D eigenvalue weighted by atomic mass is 32.2. The molecule has 0 amide bonds. The molecule has 0 aromatic heterocycles. The Morgan fingerprint density at radius 2 is 1.90 bits per heavy atom. The number of nitrogens with zero attached hydrogens (tertiary/aromatic N) is 1. The monoisotopic (exact) mass is 319 g/mol. The molecule has 112 valence electrons. The van der Waals surface area contributed by atoms with Crippen LogP contribution in [0.3, 0.4) is 0 Å². The lowest BCUT2D eigenvalue weighted by Crippen LogP contribution is -2.51. The zero-order valence-electron chi connectivity index (χ0n) is 11.0. The third-order valence-electron chi connectivity index (χ3n) is 3.10. The van der Waals surface area contributed by atoms with Gasteiger partial charge in [0.1, 0.15) is 0 Å². The van der Waals surface area contributed by atoms with E-state index in [2.05, 4.69) is 5.32 Å². The SMILES string of the molecule is CC1CN(S(=O)(=O)c2cccc(S(N)(=O)=O)c2)CCN1. The molecule has 3 N–H and O–H groups in total. The summed E-state index contributed by atoms with van der Waals surface area (Å²) in [5, 5.41) is 8.17. The number of hydrogen-bond acceptors (Lipinski definition) is 5. The Hall–Kier alpha value is -1.00. The number of nitrogens with one attached hydrogen (secondary N) is 1. The van der Waals surface area contributed by atoms with E-state index in [0.717, 1.165) is 6.07 Å². The van der Waals surface area contributed by atoms with Crippen LogP contribution in [-0.2, 0) is 20.0 Å². The minimum absolute atomic E-state index is 0.0555. The molecule has 0 bridgehead atoms. The van der Waals surface area contributed by atoms with E-state index in [9.17, 15) is 16.8 Å². The molecule has 7 nitrogen and oxygen atoms in total. The minimum atomic E-state index is -3.92. The van der Waals surface area contributed by atoms with Crippen molar-refractivity contribution in [2.45, 2.75) is 22.8 Å². The predicted octanol–water partition coefficient (Wildman–Crippen LogP) is -0.684. The van der Waals surface area contributed by atoms with Crippen LogP contribution in [0.15, 0.2) is 34.1 Å². The zero-order chi connectivity index (χ0) is 15.0. The molecule has 1 aromatic carbocycles. The first-order valence-corrected chi connectivity index (χ1v) is 9.06. The van der Waals surface area contributed by atoms with Crippen molar-refractivity contribution < 1.29 is 16.8 Å². The average molecular weight is 319 g/mol. The van der Waals surface area contributed by atoms with Gasteiger partial charge in [0, 0.05) is 25.7 Å². The number of sulfonamides is 2. The summed E-state index contributed by atoms with van der Waals surface area (Å²) in [5.74, 6) is 0. The van der Waals surface area contributed by atoms with Crippen LogP contribution in [0.2, 0.25) is 0 Å². The second-order valence-corrected chi connectivity index (χ2v) is 8.24. The first-order valence-electron chi connectivity index (χ1n) is 6.07. The maximum absolute atomic E-state index is 12.5. The number of rotatable bonds is 3. The van der Waals surface area contributed by atoms with Gasteiger partial charge in [-0.25, -0.2) is 22.0 Å². The number of piperazine rings is 1. The normalized spacial score (nSPS) is 21.8. The molecule has 1 heterocycles. The van der Waals surface area contributed by atoms with Crippen molar-refractivity contribution in [3.63, 3.8) is 0 Å². The third kappa shape index (κ3) is 3.18. The molecular weight excluding hydrogens is 302 g/mol. The van der Waals surface area contributed by atoms with Gasteiger partial charge in [-0.1, -0.05) is 6.07 Å². The van der Waals surface area contributed by atoms with E-state index >= 15 is 0 Å². The lowest BCUT2D eigenvalue weighted by molar-refractivity contribution is 0.310. The molecule has 1 fully saturated rings. The molecule has 1 aliphatic rings. The fourth-order valence-electron chi connectivity index (χ4n) is 2.08. The molecule has 0 spiro atoms. The summed E-state index contributed by atoms with van der Waals surface area (Å²) in [4.78, 5) is -0.264. The van der Waals surface area contributed by atoms with E-state index in [1.54, 1.807) is 0 Å². The van der Waals surface area contributed by atoms with E-state index in [0.29, 0.717) is 19.6 Å². The van der Waals surface area contributed by atoms with Gasteiger partial charge >= 0.3 is 0 Å². The molecular formula is C11H17N3O4S2. The fourth-order valence-corrected chi connectivity index (χ4v) is 4.29. The summed E-state index contributed by atoms with van der Waals surface area (Å²) in [7, 11) is -7.63. The van der Waals surface area contributed by atoms with Crippen molar-refractivity contribution in [2.75, 3.05) is 19.6 Å². The molecule has 0 radical (unpaired) electrons.